The molecule has 1 unspecified atom stereocenters. The Morgan fingerprint density at radius 2 is 1.78 bits per heavy atom. The molecule has 1 heteroatoms. The molecule has 1 atom stereocenters. The van der Waals surface area contributed by atoms with Gasteiger partial charge in [-0.3, -0.25) is 0 Å². The van der Waals surface area contributed by atoms with Crippen molar-refractivity contribution in [3.63, 3.8) is 0 Å². The molecule has 0 spiro atoms. The molecule has 0 bridgehead atoms. The normalized spacial score (nSPS) is 16.0. The van der Waals surface area contributed by atoms with Crippen molar-refractivity contribution >= 4 is 10.2 Å². The van der Waals surface area contributed by atoms with Crippen LogP contribution >= 0.6 is 0 Å². The van der Waals surface area contributed by atoms with Crippen LogP contribution in [0.15, 0.2) is 0 Å². The summed E-state index contributed by atoms with van der Waals surface area (Å²) in [5, 5.41) is 0. The van der Waals surface area contributed by atoms with Crippen LogP contribution in [-0.2, 0) is 0 Å². The minimum Gasteiger partial charge on any atom is -0.0633 e. The maximum atomic E-state index is 2.36. The smallest absolute Gasteiger partial charge is 0.00313 e. The van der Waals surface area contributed by atoms with Crippen LogP contribution in [0, 0.1) is 11.3 Å². The lowest BCUT2D eigenvalue weighted by Gasteiger charge is -2.21. The van der Waals surface area contributed by atoms with Crippen LogP contribution < -0.4 is 0 Å². The third-order valence-corrected chi connectivity index (χ3v) is 3.05. The monoisotopic (exact) mass is 144 g/mol. The third-order valence-electron chi connectivity index (χ3n) is 1.66. The van der Waals surface area contributed by atoms with Gasteiger partial charge in [0.15, 0.2) is 0 Å². The molecule has 0 amide bonds. The Morgan fingerprint density at radius 1 is 1.33 bits per heavy atom. The summed E-state index contributed by atoms with van der Waals surface area (Å²) in [7, 11) is 1.37. The summed E-state index contributed by atoms with van der Waals surface area (Å²) < 4.78 is 0. The first-order valence-corrected chi connectivity index (χ1v) is 5.37. The molecular formula is C8H20Si. The summed E-state index contributed by atoms with van der Waals surface area (Å²) in [6.07, 6.45) is 1.39. The minimum atomic E-state index is 0.545. The van der Waals surface area contributed by atoms with E-state index in [0.717, 1.165) is 5.92 Å². The predicted octanol–water partition coefficient (Wildman–Crippen LogP) is 1.84. The summed E-state index contributed by atoms with van der Waals surface area (Å²) in [5.41, 5.74) is 0.545. The molecule has 0 saturated heterocycles. The van der Waals surface area contributed by atoms with E-state index in [1.165, 1.54) is 22.7 Å². The molecule has 0 aromatic heterocycles. The van der Waals surface area contributed by atoms with Crippen LogP contribution in [0.5, 0.6) is 0 Å². The average molecular weight is 144 g/mol. The van der Waals surface area contributed by atoms with Gasteiger partial charge in [-0.1, -0.05) is 33.7 Å². The number of rotatable bonds is 2. The second kappa shape index (κ2) is 3.40. The lowest BCUT2D eigenvalue weighted by atomic mass is 9.86. The van der Waals surface area contributed by atoms with Gasteiger partial charge in [-0.15, -0.1) is 0 Å². The standard InChI is InChI=1S/C8H20Si/c1-7(6-9)5-8(2,3)4/h7H,5-6H2,1-4,9H3. The van der Waals surface area contributed by atoms with Crippen molar-refractivity contribution in [2.45, 2.75) is 40.2 Å². The summed E-state index contributed by atoms with van der Waals surface area (Å²) in [5.74, 6) is 0.955. The Balaban J connectivity index is 3.47. The lowest BCUT2D eigenvalue weighted by molar-refractivity contribution is 0.320. The van der Waals surface area contributed by atoms with E-state index in [9.17, 15) is 0 Å². The zero-order valence-electron chi connectivity index (χ0n) is 7.49. The molecular weight excluding hydrogens is 124 g/mol. The summed E-state index contributed by atoms with van der Waals surface area (Å²) in [4.78, 5) is 0. The number of hydrogen-bond donors (Lipinski definition) is 0. The van der Waals surface area contributed by atoms with E-state index in [1.54, 1.807) is 0 Å². The van der Waals surface area contributed by atoms with Crippen molar-refractivity contribution in [1.82, 2.24) is 0 Å². The molecule has 0 rings (SSSR count). The molecule has 0 aliphatic carbocycles. The molecule has 0 heterocycles. The Kier molecular flexibility index (Phi) is 3.48. The van der Waals surface area contributed by atoms with Gasteiger partial charge in [0.25, 0.3) is 0 Å². The Morgan fingerprint density at radius 3 is 1.89 bits per heavy atom. The average Bonchev–Trinajstić information content (AvgIpc) is 1.62. The highest BCUT2D eigenvalue weighted by molar-refractivity contribution is 6.08. The van der Waals surface area contributed by atoms with Crippen molar-refractivity contribution in [1.29, 1.82) is 0 Å². The molecule has 0 aliphatic rings. The second-order valence-corrected chi connectivity index (χ2v) is 5.09. The van der Waals surface area contributed by atoms with Crippen molar-refractivity contribution in [3.8, 4) is 0 Å². The molecule has 0 saturated carbocycles. The highest BCUT2D eigenvalue weighted by Crippen LogP contribution is 2.25. The first-order valence-electron chi connectivity index (χ1n) is 3.95. The van der Waals surface area contributed by atoms with E-state index in [2.05, 4.69) is 27.7 Å². The topological polar surface area (TPSA) is 0 Å². The van der Waals surface area contributed by atoms with Gasteiger partial charge in [-0.2, -0.15) is 0 Å². The number of hydrogen-bond acceptors (Lipinski definition) is 0. The van der Waals surface area contributed by atoms with E-state index in [-0.39, 0.29) is 0 Å². The van der Waals surface area contributed by atoms with Gasteiger partial charge in [0.2, 0.25) is 0 Å². The van der Waals surface area contributed by atoms with Crippen LogP contribution in [0.3, 0.4) is 0 Å². The van der Waals surface area contributed by atoms with Gasteiger partial charge >= 0.3 is 0 Å². The minimum absolute atomic E-state index is 0.545. The molecule has 0 aromatic rings. The van der Waals surface area contributed by atoms with Gasteiger partial charge < -0.3 is 0 Å². The Labute approximate surface area is 62.5 Å². The summed E-state index contributed by atoms with van der Waals surface area (Å²) in [6.45, 7) is 9.32. The van der Waals surface area contributed by atoms with E-state index in [0.29, 0.717) is 5.41 Å². The van der Waals surface area contributed by atoms with Gasteiger partial charge in [0.05, 0.1) is 0 Å². The van der Waals surface area contributed by atoms with Crippen molar-refractivity contribution in [2.75, 3.05) is 0 Å². The van der Waals surface area contributed by atoms with Gasteiger partial charge in [-0.25, -0.2) is 0 Å². The molecule has 0 aliphatic heterocycles. The Hall–Kier alpha value is 0.217. The molecule has 0 radical (unpaired) electrons. The second-order valence-electron chi connectivity index (χ2n) is 4.28. The van der Waals surface area contributed by atoms with Crippen LogP contribution in [-0.4, -0.2) is 10.2 Å². The predicted molar refractivity (Wildman–Crippen MR) is 48.0 cm³/mol. The van der Waals surface area contributed by atoms with E-state index >= 15 is 0 Å². The largest absolute Gasteiger partial charge is 0.0633 e. The summed E-state index contributed by atoms with van der Waals surface area (Å²) in [6, 6.07) is 1.46. The molecule has 0 N–H and O–H groups in total. The molecule has 9 heavy (non-hydrogen) atoms. The Bertz CT molecular complexity index is 71.1. The van der Waals surface area contributed by atoms with Gasteiger partial charge in [0, 0.05) is 10.2 Å². The van der Waals surface area contributed by atoms with E-state index in [4.69, 9.17) is 0 Å². The quantitative estimate of drug-likeness (QED) is 0.519. The van der Waals surface area contributed by atoms with Crippen molar-refractivity contribution in [3.05, 3.63) is 0 Å². The van der Waals surface area contributed by atoms with Crippen LogP contribution in [0.2, 0.25) is 6.04 Å². The van der Waals surface area contributed by atoms with Crippen LogP contribution in [0.4, 0.5) is 0 Å². The van der Waals surface area contributed by atoms with Gasteiger partial charge in [-0.05, 0) is 17.8 Å². The van der Waals surface area contributed by atoms with Crippen molar-refractivity contribution in [2.24, 2.45) is 11.3 Å². The van der Waals surface area contributed by atoms with Crippen molar-refractivity contribution < 1.29 is 0 Å². The van der Waals surface area contributed by atoms with Gasteiger partial charge in [0.1, 0.15) is 0 Å². The zero-order chi connectivity index (χ0) is 7.49. The third kappa shape index (κ3) is 6.10. The van der Waals surface area contributed by atoms with Crippen LogP contribution in [0.25, 0.3) is 0 Å². The molecule has 0 aromatic carbocycles. The molecule has 0 fully saturated rings. The fourth-order valence-electron chi connectivity index (χ4n) is 1.19. The van der Waals surface area contributed by atoms with E-state index in [1.807, 2.05) is 0 Å². The zero-order valence-corrected chi connectivity index (χ0v) is 9.49. The van der Waals surface area contributed by atoms with E-state index < -0.39 is 0 Å². The first-order chi connectivity index (χ1) is 3.95. The molecule has 56 valence electrons. The first kappa shape index (κ1) is 9.22. The highest BCUT2D eigenvalue weighted by atomic mass is 28.1. The highest BCUT2D eigenvalue weighted by Gasteiger charge is 2.12. The molecule has 0 nitrogen and oxygen atoms in total. The maximum absolute atomic E-state index is 2.36. The van der Waals surface area contributed by atoms with Crippen LogP contribution in [0.1, 0.15) is 34.1 Å². The fourth-order valence-corrected chi connectivity index (χ4v) is 1.48. The maximum Gasteiger partial charge on any atom is 0.00313 e. The summed E-state index contributed by atoms with van der Waals surface area (Å²) >= 11 is 0. The SMILES string of the molecule is CC(C[SiH3])CC(C)(C)C. The fraction of sp³-hybridized carbons (Fsp3) is 1.00. The lowest BCUT2D eigenvalue weighted by Crippen LogP contribution is -2.10.